The summed E-state index contributed by atoms with van der Waals surface area (Å²) in [7, 11) is 0. The van der Waals surface area contributed by atoms with Crippen molar-refractivity contribution in [2.45, 2.75) is 62.9 Å². The smallest absolute Gasteiger partial charge is 0.109 e. The monoisotopic (exact) mass is 311 g/mol. The van der Waals surface area contributed by atoms with Gasteiger partial charge in [-0.2, -0.15) is 5.26 Å². The molecule has 124 valence electrons. The molecule has 1 saturated carbocycles. The van der Waals surface area contributed by atoms with Crippen LogP contribution in [0.3, 0.4) is 0 Å². The van der Waals surface area contributed by atoms with Crippen LogP contribution < -0.4 is 5.32 Å². The van der Waals surface area contributed by atoms with E-state index < -0.39 is 0 Å². The molecular weight excluding hydrogens is 282 g/mol. The van der Waals surface area contributed by atoms with Crippen molar-refractivity contribution >= 4 is 0 Å². The number of benzene rings is 1. The van der Waals surface area contributed by atoms with Crippen LogP contribution in [-0.4, -0.2) is 36.1 Å². The second kappa shape index (κ2) is 7.47. The molecule has 0 radical (unpaired) electrons. The molecule has 3 heteroatoms. The second-order valence-electron chi connectivity index (χ2n) is 7.13. The molecule has 1 saturated heterocycles. The van der Waals surface area contributed by atoms with E-state index in [0.717, 1.165) is 32.5 Å². The Morgan fingerprint density at radius 1 is 1.17 bits per heavy atom. The molecule has 3 rings (SSSR count). The van der Waals surface area contributed by atoms with Crippen molar-refractivity contribution in [1.29, 1.82) is 5.26 Å². The molecule has 0 spiro atoms. The van der Waals surface area contributed by atoms with Gasteiger partial charge >= 0.3 is 0 Å². The predicted octanol–water partition coefficient (Wildman–Crippen LogP) is 3.68. The van der Waals surface area contributed by atoms with Crippen molar-refractivity contribution in [3.8, 4) is 6.07 Å². The first-order valence-electron chi connectivity index (χ1n) is 9.23. The van der Waals surface area contributed by atoms with Crippen LogP contribution >= 0.6 is 0 Å². The van der Waals surface area contributed by atoms with E-state index in [-0.39, 0.29) is 5.54 Å². The molecule has 1 N–H and O–H groups in total. The number of hydrogen-bond acceptors (Lipinski definition) is 3. The van der Waals surface area contributed by atoms with Gasteiger partial charge in [-0.25, -0.2) is 0 Å². The predicted molar refractivity (Wildman–Crippen MR) is 94.3 cm³/mol. The Kier molecular flexibility index (Phi) is 5.35. The highest BCUT2D eigenvalue weighted by Crippen LogP contribution is 2.38. The molecule has 1 aliphatic carbocycles. The zero-order valence-electron chi connectivity index (χ0n) is 14.3. The highest BCUT2D eigenvalue weighted by Gasteiger charge is 2.38. The van der Waals surface area contributed by atoms with Gasteiger partial charge in [-0.05, 0) is 43.7 Å². The van der Waals surface area contributed by atoms with Gasteiger partial charge in [-0.3, -0.25) is 10.2 Å². The first-order valence-corrected chi connectivity index (χ1v) is 9.23. The van der Waals surface area contributed by atoms with Crippen LogP contribution in [-0.2, 0) is 0 Å². The van der Waals surface area contributed by atoms with Crippen molar-refractivity contribution in [3.05, 3.63) is 35.9 Å². The average Bonchev–Trinajstić information content (AvgIpc) is 2.63. The summed E-state index contributed by atoms with van der Waals surface area (Å²) >= 11 is 0. The lowest BCUT2D eigenvalue weighted by Gasteiger charge is -2.45. The highest BCUT2D eigenvalue weighted by atomic mass is 15.2. The van der Waals surface area contributed by atoms with Gasteiger partial charge in [-0.1, -0.05) is 50.1 Å². The van der Waals surface area contributed by atoms with Crippen molar-refractivity contribution < 1.29 is 0 Å². The summed E-state index contributed by atoms with van der Waals surface area (Å²) in [5.74, 6) is 0.665. The maximum absolute atomic E-state index is 9.57. The number of hydrogen-bond donors (Lipinski definition) is 1. The highest BCUT2D eigenvalue weighted by molar-refractivity contribution is 5.22. The third kappa shape index (κ3) is 3.59. The number of nitriles is 1. The molecule has 0 amide bonds. The minimum Gasteiger partial charge on any atom is -0.300 e. The van der Waals surface area contributed by atoms with Crippen LogP contribution in [0, 0.1) is 11.3 Å². The summed E-state index contributed by atoms with van der Waals surface area (Å²) < 4.78 is 0. The average molecular weight is 311 g/mol. The van der Waals surface area contributed by atoms with E-state index in [1.807, 2.05) is 0 Å². The van der Waals surface area contributed by atoms with Crippen LogP contribution in [0.1, 0.15) is 56.9 Å². The Morgan fingerprint density at radius 2 is 1.87 bits per heavy atom. The van der Waals surface area contributed by atoms with Crippen molar-refractivity contribution in [2.24, 2.45) is 0 Å². The molecule has 0 unspecified atom stereocenters. The zero-order valence-corrected chi connectivity index (χ0v) is 14.3. The van der Waals surface area contributed by atoms with Crippen molar-refractivity contribution in [1.82, 2.24) is 10.2 Å². The van der Waals surface area contributed by atoms with E-state index in [1.54, 1.807) is 0 Å². The quantitative estimate of drug-likeness (QED) is 0.922. The van der Waals surface area contributed by atoms with Crippen LogP contribution in [0.25, 0.3) is 0 Å². The first kappa shape index (κ1) is 16.5. The molecule has 0 aromatic heterocycles. The van der Waals surface area contributed by atoms with E-state index in [1.165, 1.54) is 31.2 Å². The van der Waals surface area contributed by atoms with E-state index in [2.05, 4.69) is 53.5 Å². The van der Waals surface area contributed by atoms with Crippen molar-refractivity contribution in [3.63, 3.8) is 0 Å². The van der Waals surface area contributed by atoms with Crippen LogP contribution in [0.15, 0.2) is 30.3 Å². The fourth-order valence-corrected chi connectivity index (χ4v) is 4.54. The Labute approximate surface area is 140 Å². The minimum absolute atomic E-state index is 0.290. The summed E-state index contributed by atoms with van der Waals surface area (Å²) in [6.45, 7) is 5.07. The summed E-state index contributed by atoms with van der Waals surface area (Å²) in [4.78, 5) is 2.67. The van der Waals surface area contributed by atoms with E-state index >= 15 is 0 Å². The fourth-order valence-electron chi connectivity index (χ4n) is 4.54. The number of piperidine rings is 1. The third-order valence-corrected chi connectivity index (χ3v) is 5.81. The van der Waals surface area contributed by atoms with Gasteiger partial charge in [0.15, 0.2) is 0 Å². The molecule has 1 heterocycles. The molecular formula is C20H29N3. The SMILES string of the molecule is CCNC1(C#N)CCN([C@@H]2CCCC[C@@H]2c2ccccc2)CC1. The summed E-state index contributed by atoms with van der Waals surface area (Å²) in [6, 6.07) is 14.2. The number of rotatable bonds is 4. The minimum atomic E-state index is -0.290. The Balaban J connectivity index is 1.70. The van der Waals surface area contributed by atoms with Crippen molar-refractivity contribution in [2.75, 3.05) is 19.6 Å². The lowest BCUT2D eigenvalue weighted by atomic mass is 9.77. The molecule has 2 aliphatic rings. The first-order chi connectivity index (χ1) is 11.3. The molecule has 3 nitrogen and oxygen atoms in total. The van der Waals surface area contributed by atoms with Gasteiger partial charge in [0, 0.05) is 19.1 Å². The number of nitrogens with one attached hydrogen (secondary N) is 1. The molecule has 2 fully saturated rings. The third-order valence-electron chi connectivity index (χ3n) is 5.81. The van der Waals surface area contributed by atoms with Gasteiger partial charge in [0.1, 0.15) is 5.54 Å². The molecule has 23 heavy (non-hydrogen) atoms. The van der Waals surface area contributed by atoms with Gasteiger partial charge in [-0.15, -0.1) is 0 Å². The van der Waals surface area contributed by atoms with Crippen LogP contribution in [0.2, 0.25) is 0 Å². The Hall–Kier alpha value is -1.37. The van der Waals surface area contributed by atoms with E-state index in [9.17, 15) is 5.26 Å². The van der Waals surface area contributed by atoms with Gasteiger partial charge < -0.3 is 0 Å². The lowest BCUT2D eigenvalue weighted by molar-refractivity contribution is 0.0858. The van der Waals surface area contributed by atoms with Crippen LogP contribution in [0.4, 0.5) is 0 Å². The zero-order chi connectivity index (χ0) is 16.1. The van der Waals surface area contributed by atoms with Gasteiger partial charge in [0.05, 0.1) is 6.07 Å². The van der Waals surface area contributed by atoms with Gasteiger partial charge in [0.25, 0.3) is 0 Å². The summed E-state index contributed by atoms with van der Waals surface area (Å²) in [5.41, 5.74) is 1.21. The fraction of sp³-hybridized carbons (Fsp3) is 0.650. The maximum Gasteiger partial charge on any atom is 0.109 e. The lowest BCUT2D eigenvalue weighted by Crippen LogP contribution is -2.55. The molecule has 0 bridgehead atoms. The second-order valence-corrected chi connectivity index (χ2v) is 7.13. The molecule has 1 aromatic rings. The standard InChI is InChI=1S/C20H29N3/c1-2-22-20(16-21)12-14-23(15-13-20)19-11-7-6-10-18(19)17-8-4-3-5-9-17/h3-5,8-9,18-19,22H,2,6-7,10-15H2,1H3/t18-,19-/m1/s1. The van der Waals surface area contributed by atoms with E-state index in [4.69, 9.17) is 0 Å². The number of nitrogens with zero attached hydrogens (tertiary/aromatic N) is 2. The normalized spacial score (nSPS) is 28.2. The molecule has 1 aliphatic heterocycles. The summed E-state index contributed by atoms with van der Waals surface area (Å²) in [6.07, 6.45) is 7.22. The largest absolute Gasteiger partial charge is 0.300 e. The van der Waals surface area contributed by atoms with Gasteiger partial charge in [0.2, 0.25) is 0 Å². The maximum atomic E-state index is 9.57. The molecule has 2 atom stereocenters. The Morgan fingerprint density at radius 3 is 2.52 bits per heavy atom. The molecule has 1 aromatic carbocycles. The van der Waals surface area contributed by atoms with E-state index in [0.29, 0.717) is 12.0 Å². The van der Waals surface area contributed by atoms with Crippen LogP contribution in [0.5, 0.6) is 0 Å². The summed E-state index contributed by atoms with van der Waals surface area (Å²) in [5, 5.41) is 13.0. The topological polar surface area (TPSA) is 39.1 Å². The number of likely N-dealkylation sites (tertiary alicyclic amines) is 1. The Bertz CT molecular complexity index is 526.